The van der Waals surface area contributed by atoms with Gasteiger partial charge < -0.3 is 27.0 Å². The van der Waals surface area contributed by atoms with Crippen molar-refractivity contribution in [1.29, 1.82) is 0 Å². The van der Waals surface area contributed by atoms with Gasteiger partial charge in [0.2, 0.25) is 0 Å². The van der Waals surface area contributed by atoms with E-state index < -0.39 is 5.97 Å². The Morgan fingerprint density at radius 1 is 1.11 bits per heavy atom. The van der Waals surface area contributed by atoms with Gasteiger partial charge in [0.1, 0.15) is 0 Å². The van der Waals surface area contributed by atoms with Crippen molar-refractivity contribution >= 4 is 5.97 Å². The van der Waals surface area contributed by atoms with Crippen molar-refractivity contribution in [1.82, 2.24) is 0 Å². The standard InChI is InChI=1S/C2H4O2.Ni.4H2O/c1-2(3)4;;;;;/h1H3,(H,3,4);;4*1H2/q;+2;;;;. The van der Waals surface area contributed by atoms with Crippen LogP contribution in [0.4, 0.5) is 0 Å². The number of rotatable bonds is 0. The molecule has 0 rings (SSSR count). The molecule has 9 N–H and O–H groups in total. The SMILES string of the molecule is CC(=O)O.O.O.O.O.[Ni+2]. The number of hydrogen-bond acceptors (Lipinski definition) is 1. The smallest absolute Gasteiger partial charge is 0.481 e. The number of aliphatic carboxylic acids is 1. The molecule has 0 aliphatic heterocycles. The Balaban J connectivity index is -0.00000000450. The Hall–Kier alpha value is -0.196. The largest absolute Gasteiger partial charge is 2.00 e. The van der Waals surface area contributed by atoms with Crippen molar-refractivity contribution in [3.63, 3.8) is 0 Å². The van der Waals surface area contributed by atoms with E-state index in [1.165, 1.54) is 0 Å². The van der Waals surface area contributed by atoms with E-state index in [0.717, 1.165) is 6.92 Å². The van der Waals surface area contributed by atoms with Gasteiger partial charge in [0.25, 0.3) is 5.97 Å². The van der Waals surface area contributed by atoms with Crippen LogP contribution in [0.1, 0.15) is 6.92 Å². The fourth-order valence-electron chi connectivity index (χ4n) is 0. The maximum Gasteiger partial charge on any atom is 2.00 e. The molecule has 0 aliphatic carbocycles. The Kier molecular flexibility index (Phi) is 348. The van der Waals surface area contributed by atoms with Gasteiger partial charge in [-0.1, -0.05) is 0 Å². The molecule has 0 spiro atoms. The molecule has 0 bridgehead atoms. The molecule has 0 aliphatic rings. The molecule has 0 saturated carbocycles. The summed E-state index contributed by atoms with van der Waals surface area (Å²) < 4.78 is 0. The minimum atomic E-state index is -0.833. The average molecular weight is 191 g/mol. The summed E-state index contributed by atoms with van der Waals surface area (Å²) in [6.45, 7) is 1.08. The van der Waals surface area contributed by atoms with E-state index in [4.69, 9.17) is 9.90 Å². The Labute approximate surface area is 62.0 Å². The Morgan fingerprint density at radius 2 is 1.11 bits per heavy atom. The normalized spacial score (nSPS) is 2.78. The predicted molar refractivity (Wildman–Crippen MR) is 27.8 cm³/mol. The monoisotopic (exact) mass is 190 g/mol. The van der Waals surface area contributed by atoms with Crippen LogP contribution in [-0.4, -0.2) is 33.0 Å². The van der Waals surface area contributed by atoms with Gasteiger partial charge in [0.05, 0.1) is 0 Å². The second-order valence-electron chi connectivity index (χ2n) is 0.519. The molecular weight excluding hydrogens is 179 g/mol. The quantitative estimate of drug-likeness (QED) is 0.398. The van der Waals surface area contributed by atoms with Gasteiger partial charge in [-0.3, -0.25) is 4.79 Å². The van der Waals surface area contributed by atoms with E-state index in [1.54, 1.807) is 0 Å². The first kappa shape index (κ1) is 68.2. The zero-order valence-corrected chi connectivity index (χ0v) is 5.66. The van der Waals surface area contributed by atoms with Crippen LogP contribution in [0.5, 0.6) is 0 Å². The van der Waals surface area contributed by atoms with Crippen LogP contribution in [0.15, 0.2) is 0 Å². The molecule has 6 nitrogen and oxygen atoms in total. The van der Waals surface area contributed by atoms with Gasteiger partial charge in [-0.2, -0.15) is 0 Å². The van der Waals surface area contributed by atoms with Crippen molar-refractivity contribution in [3.8, 4) is 0 Å². The molecule has 9 heavy (non-hydrogen) atoms. The summed E-state index contributed by atoms with van der Waals surface area (Å²) in [7, 11) is 0. The summed E-state index contributed by atoms with van der Waals surface area (Å²) in [5.74, 6) is -0.833. The van der Waals surface area contributed by atoms with Crippen LogP contribution in [-0.2, 0) is 21.3 Å². The van der Waals surface area contributed by atoms with Crippen LogP contribution in [0.2, 0.25) is 0 Å². The van der Waals surface area contributed by atoms with Crippen molar-refractivity contribution in [2.24, 2.45) is 0 Å². The van der Waals surface area contributed by atoms with Crippen LogP contribution in [0.25, 0.3) is 0 Å². The molecule has 0 fully saturated rings. The summed E-state index contributed by atoms with van der Waals surface area (Å²) >= 11 is 0. The van der Waals surface area contributed by atoms with E-state index in [-0.39, 0.29) is 38.4 Å². The average Bonchev–Trinajstić information content (AvgIpc) is 0.811. The molecule has 64 valence electrons. The number of hydrogen-bond donors (Lipinski definition) is 1. The fraction of sp³-hybridized carbons (Fsp3) is 0.500. The number of carboxylic acids is 1. The maximum atomic E-state index is 9.00. The van der Waals surface area contributed by atoms with E-state index in [9.17, 15) is 0 Å². The van der Waals surface area contributed by atoms with Gasteiger partial charge in [0.15, 0.2) is 0 Å². The van der Waals surface area contributed by atoms with E-state index >= 15 is 0 Å². The topological polar surface area (TPSA) is 163 Å². The second-order valence-corrected chi connectivity index (χ2v) is 0.519. The van der Waals surface area contributed by atoms with Crippen molar-refractivity contribution in [3.05, 3.63) is 0 Å². The van der Waals surface area contributed by atoms with E-state index in [0.29, 0.717) is 0 Å². The van der Waals surface area contributed by atoms with Gasteiger partial charge in [-0.15, -0.1) is 0 Å². The molecule has 0 saturated heterocycles. The molecule has 0 unspecified atom stereocenters. The molecule has 0 amide bonds. The van der Waals surface area contributed by atoms with Crippen molar-refractivity contribution in [2.45, 2.75) is 6.92 Å². The molecule has 7 heteroatoms. The first-order valence-electron chi connectivity index (χ1n) is 0.928. The van der Waals surface area contributed by atoms with Gasteiger partial charge in [-0.25, -0.2) is 0 Å². The minimum absolute atomic E-state index is 0. The summed E-state index contributed by atoms with van der Waals surface area (Å²) in [6, 6.07) is 0. The maximum absolute atomic E-state index is 9.00. The molecular formula is C2H12NiO6+2. The molecule has 0 aromatic heterocycles. The zero-order chi connectivity index (χ0) is 3.58. The summed E-state index contributed by atoms with van der Waals surface area (Å²) in [4.78, 5) is 9.00. The molecule has 0 radical (unpaired) electrons. The second kappa shape index (κ2) is 46.0. The molecule has 0 atom stereocenters. The van der Waals surface area contributed by atoms with Crippen LogP contribution >= 0.6 is 0 Å². The van der Waals surface area contributed by atoms with Crippen LogP contribution < -0.4 is 0 Å². The van der Waals surface area contributed by atoms with E-state index in [2.05, 4.69) is 0 Å². The third-order valence-electron chi connectivity index (χ3n) is 0. The summed E-state index contributed by atoms with van der Waals surface area (Å²) in [5.41, 5.74) is 0. The zero-order valence-electron chi connectivity index (χ0n) is 4.67. The summed E-state index contributed by atoms with van der Waals surface area (Å²) in [5, 5.41) is 7.42. The van der Waals surface area contributed by atoms with E-state index in [1.807, 2.05) is 0 Å². The predicted octanol–water partition coefficient (Wildman–Crippen LogP) is -3.21. The first-order chi connectivity index (χ1) is 1.73. The number of carbonyl (C=O) groups is 1. The minimum Gasteiger partial charge on any atom is -0.481 e. The van der Waals surface area contributed by atoms with Crippen molar-refractivity contribution < 1.29 is 48.3 Å². The fourth-order valence-corrected chi connectivity index (χ4v) is 0. The summed E-state index contributed by atoms with van der Waals surface area (Å²) in [6.07, 6.45) is 0. The molecule has 0 aromatic carbocycles. The van der Waals surface area contributed by atoms with Crippen molar-refractivity contribution in [2.75, 3.05) is 0 Å². The third kappa shape index (κ3) is 6810. The molecule has 0 aromatic rings. The number of carboxylic acid groups (broad SMARTS) is 1. The van der Waals surface area contributed by atoms with Gasteiger partial charge >= 0.3 is 16.5 Å². The first-order valence-corrected chi connectivity index (χ1v) is 0.928. The Bertz CT molecular complexity index is 34.0. The van der Waals surface area contributed by atoms with Gasteiger partial charge in [0, 0.05) is 6.92 Å². The Morgan fingerprint density at radius 3 is 1.11 bits per heavy atom. The van der Waals surface area contributed by atoms with Gasteiger partial charge in [-0.05, 0) is 0 Å². The van der Waals surface area contributed by atoms with Crippen LogP contribution in [0, 0.1) is 0 Å². The molecule has 0 heterocycles. The van der Waals surface area contributed by atoms with Crippen LogP contribution in [0.3, 0.4) is 0 Å². The third-order valence-corrected chi connectivity index (χ3v) is 0.